The number of aliphatic hydroxyl groups is 1. The molecule has 0 fully saturated rings. The van der Waals surface area contributed by atoms with E-state index in [1.54, 1.807) is 7.11 Å². The van der Waals surface area contributed by atoms with Crippen molar-refractivity contribution in [3.8, 4) is 0 Å². The summed E-state index contributed by atoms with van der Waals surface area (Å²) in [5, 5.41) is 8.34. The van der Waals surface area contributed by atoms with Crippen LogP contribution in [0.3, 0.4) is 0 Å². The van der Waals surface area contributed by atoms with Gasteiger partial charge in [-0.3, -0.25) is 4.99 Å². The Hall–Kier alpha value is -0.610. The van der Waals surface area contributed by atoms with Crippen molar-refractivity contribution in [2.75, 3.05) is 26.9 Å². The van der Waals surface area contributed by atoms with Crippen molar-refractivity contribution in [1.82, 2.24) is 0 Å². The van der Waals surface area contributed by atoms with E-state index in [1.165, 1.54) is 0 Å². The van der Waals surface area contributed by atoms with Crippen LogP contribution >= 0.6 is 0 Å². The van der Waals surface area contributed by atoms with Crippen molar-refractivity contribution in [3.05, 3.63) is 0 Å². The van der Waals surface area contributed by atoms with E-state index in [0.29, 0.717) is 13.2 Å². The summed E-state index contributed by atoms with van der Waals surface area (Å²) in [6.45, 7) is 0.882. The first-order chi connectivity index (χ1) is 4.31. The molecular weight excluding hydrogens is 120 g/mol. The number of methoxy groups -OCH3 is 1. The molecule has 0 aliphatic carbocycles. The normalized spacial score (nSPS) is 12.0. The fourth-order valence-electron chi connectivity index (χ4n) is 0.331. The predicted molar refractivity (Wildman–Crippen MR) is 35.5 cm³/mol. The number of hydrogen-bond acceptors (Lipinski definition) is 3. The minimum atomic E-state index is -0.177. The molecule has 0 unspecified atom stereocenters. The molecule has 0 saturated carbocycles. The van der Waals surface area contributed by atoms with Crippen LogP contribution in [0.4, 0.5) is 0 Å². The minimum absolute atomic E-state index is 0.177. The summed E-state index contributed by atoms with van der Waals surface area (Å²) in [6.07, 6.45) is 0. The molecule has 0 atom stereocenters. The van der Waals surface area contributed by atoms with Crippen LogP contribution in [-0.4, -0.2) is 37.8 Å². The summed E-state index contributed by atoms with van der Waals surface area (Å²) < 4.78 is 4.69. The van der Waals surface area contributed by atoms with Crippen LogP contribution in [0, 0.1) is 0 Å². The van der Waals surface area contributed by atoms with Crippen molar-refractivity contribution in [2.45, 2.75) is 0 Å². The third-order valence-electron chi connectivity index (χ3n) is 0.772. The van der Waals surface area contributed by atoms with Gasteiger partial charge in [-0.2, -0.15) is 0 Å². The zero-order chi connectivity index (χ0) is 7.11. The van der Waals surface area contributed by atoms with Crippen LogP contribution < -0.4 is 5.73 Å². The lowest BCUT2D eigenvalue weighted by molar-refractivity contribution is 0.207. The van der Waals surface area contributed by atoms with Gasteiger partial charge in [0.15, 0.2) is 0 Å². The van der Waals surface area contributed by atoms with E-state index in [0.717, 1.165) is 0 Å². The molecule has 0 rings (SSSR count). The number of aliphatic imine (C=N–C) groups is 1. The molecule has 0 heterocycles. The Labute approximate surface area is 54.3 Å². The maximum atomic E-state index is 8.34. The molecule has 0 aromatic rings. The second kappa shape index (κ2) is 5.53. The monoisotopic (exact) mass is 132 g/mol. The average molecular weight is 132 g/mol. The second-order valence-electron chi connectivity index (χ2n) is 1.52. The molecule has 54 valence electrons. The van der Waals surface area contributed by atoms with E-state index in [9.17, 15) is 0 Å². The highest BCUT2D eigenvalue weighted by Gasteiger charge is 1.84. The average Bonchev–Trinajstić information content (AvgIpc) is 1.89. The van der Waals surface area contributed by atoms with Crippen LogP contribution in [-0.2, 0) is 4.74 Å². The predicted octanol–water partition coefficient (Wildman–Crippen LogP) is -1.02. The molecule has 4 heteroatoms. The number of ether oxygens (including phenoxy) is 1. The largest absolute Gasteiger partial charge is 0.388 e. The van der Waals surface area contributed by atoms with Crippen molar-refractivity contribution in [3.63, 3.8) is 0 Å². The molecule has 4 nitrogen and oxygen atoms in total. The Morgan fingerprint density at radius 3 is 2.89 bits per heavy atom. The summed E-state index contributed by atoms with van der Waals surface area (Å²) in [5.74, 6) is 0.257. The third kappa shape index (κ3) is 5.26. The van der Waals surface area contributed by atoms with E-state index in [2.05, 4.69) is 4.99 Å². The Morgan fingerprint density at radius 1 is 1.78 bits per heavy atom. The van der Waals surface area contributed by atoms with Gasteiger partial charge in [-0.1, -0.05) is 0 Å². The molecule has 0 bridgehead atoms. The van der Waals surface area contributed by atoms with E-state index in [1.807, 2.05) is 0 Å². The molecule has 0 amide bonds. The van der Waals surface area contributed by atoms with Gasteiger partial charge in [0, 0.05) is 7.11 Å². The fraction of sp³-hybridized carbons (Fsp3) is 0.800. The Morgan fingerprint density at radius 2 is 2.44 bits per heavy atom. The van der Waals surface area contributed by atoms with E-state index < -0.39 is 0 Å². The highest BCUT2D eigenvalue weighted by atomic mass is 16.5. The van der Waals surface area contributed by atoms with E-state index >= 15 is 0 Å². The van der Waals surface area contributed by atoms with Crippen LogP contribution in [0.25, 0.3) is 0 Å². The van der Waals surface area contributed by atoms with Crippen molar-refractivity contribution in [2.24, 2.45) is 10.7 Å². The third-order valence-corrected chi connectivity index (χ3v) is 0.772. The first kappa shape index (κ1) is 8.39. The van der Waals surface area contributed by atoms with Gasteiger partial charge in [0.25, 0.3) is 0 Å². The van der Waals surface area contributed by atoms with Crippen molar-refractivity contribution in [1.29, 1.82) is 0 Å². The lowest BCUT2D eigenvalue weighted by Gasteiger charge is -1.94. The van der Waals surface area contributed by atoms with Gasteiger partial charge in [0.1, 0.15) is 12.4 Å². The quantitative estimate of drug-likeness (QED) is 0.292. The first-order valence-corrected chi connectivity index (χ1v) is 2.70. The number of nitrogens with two attached hydrogens (primary N) is 1. The fourth-order valence-corrected chi connectivity index (χ4v) is 0.331. The standard InChI is InChI=1S/C5H12N2O2/c1-9-3-2-7-5(6)4-8/h8H,2-4H2,1H3,(H2,6,7). The smallest absolute Gasteiger partial charge is 0.120 e. The molecule has 0 spiro atoms. The van der Waals surface area contributed by atoms with Crippen LogP contribution in [0.15, 0.2) is 4.99 Å². The second-order valence-corrected chi connectivity index (χ2v) is 1.52. The SMILES string of the molecule is COCCN=C(N)CO. The molecule has 0 aliphatic rings. The van der Waals surface area contributed by atoms with E-state index in [-0.39, 0.29) is 12.4 Å². The maximum absolute atomic E-state index is 8.34. The number of amidine groups is 1. The maximum Gasteiger partial charge on any atom is 0.120 e. The molecule has 0 aliphatic heterocycles. The van der Waals surface area contributed by atoms with Gasteiger partial charge >= 0.3 is 0 Å². The summed E-state index contributed by atoms with van der Waals surface area (Å²) in [7, 11) is 1.59. The van der Waals surface area contributed by atoms with Crippen molar-refractivity contribution >= 4 is 5.84 Å². The highest BCUT2D eigenvalue weighted by molar-refractivity contribution is 5.81. The summed E-state index contributed by atoms with van der Waals surface area (Å²) in [4.78, 5) is 3.75. The Balaban J connectivity index is 3.21. The summed E-state index contributed by atoms with van der Waals surface area (Å²) in [5.41, 5.74) is 5.16. The van der Waals surface area contributed by atoms with Gasteiger partial charge in [0.2, 0.25) is 0 Å². The zero-order valence-corrected chi connectivity index (χ0v) is 5.50. The number of aliphatic hydroxyl groups excluding tert-OH is 1. The van der Waals surface area contributed by atoms with E-state index in [4.69, 9.17) is 15.6 Å². The Bertz CT molecular complexity index is 93.0. The van der Waals surface area contributed by atoms with Gasteiger partial charge in [-0.25, -0.2) is 0 Å². The molecule has 0 saturated heterocycles. The van der Waals surface area contributed by atoms with Crippen LogP contribution in [0.2, 0.25) is 0 Å². The lowest BCUT2D eigenvalue weighted by atomic mass is 10.6. The molecular formula is C5H12N2O2. The van der Waals surface area contributed by atoms with Crippen LogP contribution in [0.5, 0.6) is 0 Å². The zero-order valence-electron chi connectivity index (χ0n) is 5.50. The number of hydrogen-bond donors (Lipinski definition) is 2. The Kier molecular flexibility index (Phi) is 5.15. The molecule has 0 radical (unpaired) electrons. The lowest BCUT2D eigenvalue weighted by Crippen LogP contribution is -2.17. The summed E-state index contributed by atoms with van der Waals surface area (Å²) in [6, 6.07) is 0. The molecule has 0 aromatic carbocycles. The van der Waals surface area contributed by atoms with Gasteiger partial charge in [0.05, 0.1) is 13.2 Å². The topological polar surface area (TPSA) is 67.8 Å². The molecule has 0 aromatic heterocycles. The highest BCUT2D eigenvalue weighted by Crippen LogP contribution is 1.72. The van der Waals surface area contributed by atoms with Gasteiger partial charge < -0.3 is 15.6 Å². The number of nitrogens with zero attached hydrogens (tertiary/aromatic N) is 1. The molecule has 3 N–H and O–H groups in total. The van der Waals surface area contributed by atoms with Crippen LogP contribution in [0.1, 0.15) is 0 Å². The van der Waals surface area contributed by atoms with Crippen molar-refractivity contribution < 1.29 is 9.84 Å². The van der Waals surface area contributed by atoms with Gasteiger partial charge in [-0.15, -0.1) is 0 Å². The summed E-state index contributed by atoms with van der Waals surface area (Å²) >= 11 is 0. The minimum Gasteiger partial charge on any atom is -0.388 e. The van der Waals surface area contributed by atoms with Gasteiger partial charge in [-0.05, 0) is 0 Å². The first-order valence-electron chi connectivity index (χ1n) is 2.70. The number of rotatable bonds is 4. The molecule has 9 heavy (non-hydrogen) atoms.